The SMILES string of the molecule is CCNC(CC1CCC1)c1ccc(OC2CC2)cc1. The zero-order chi connectivity index (χ0) is 13.1. The summed E-state index contributed by atoms with van der Waals surface area (Å²) >= 11 is 0. The summed E-state index contributed by atoms with van der Waals surface area (Å²) in [7, 11) is 0. The van der Waals surface area contributed by atoms with Crippen molar-refractivity contribution in [2.45, 2.75) is 57.6 Å². The van der Waals surface area contributed by atoms with Gasteiger partial charge in [-0.3, -0.25) is 0 Å². The van der Waals surface area contributed by atoms with Gasteiger partial charge in [0, 0.05) is 6.04 Å². The lowest BCUT2D eigenvalue weighted by Gasteiger charge is -2.30. The summed E-state index contributed by atoms with van der Waals surface area (Å²) in [5.74, 6) is 1.97. The molecule has 1 aromatic rings. The molecule has 2 nitrogen and oxygen atoms in total. The molecule has 0 aliphatic heterocycles. The smallest absolute Gasteiger partial charge is 0.119 e. The zero-order valence-electron chi connectivity index (χ0n) is 11.9. The molecule has 2 fully saturated rings. The van der Waals surface area contributed by atoms with Gasteiger partial charge >= 0.3 is 0 Å². The first-order valence-corrected chi connectivity index (χ1v) is 7.85. The Hall–Kier alpha value is -1.02. The minimum Gasteiger partial charge on any atom is -0.490 e. The van der Waals surface area contributed by atoms with E-state index in [-0.39, 0.29) is 0 Å². The second kappa shape index (κ2) is 5.96. The first-order valence-electron chi connectivity index (χ1n) is 7.85. The van der Waals surface area contributed by atoms with Crippen LogP contribution in [0.2, 0.25) is 0 Å². The van der Waals surface area contributed by atoms with Gasteiger partial charge in [0.2, 0.25) is 0 Å². The predicted octanol–water partition coefficient (Wildman–Crippen LogP) is 4.07. The lowest BCUT2D eigenvalue weighted by molar-refractivity contribution is 0.262. The topological polar surface area (TPSA) is 21.3 Å². The van der Waals surface area contributed by atoms with Crippen molar-refractivity contribution in [2.75, 3.05) is 6.54 Å². The molecule has 0 radical (unpaired) electrons. The molecule has 1 aromatic carbocycles. The predicted molar refractivity (Wildman–Crippen MR) is 78.5 cm³/mol. The third-order valence-corrected chi connectivity index (χ3v) is 4.35. The average molecular weight is 259 g/mol. The Morgan fingerprint density at radius 1 is 1.16 bits per heavy atom. The molecule has 19 heavy (non-hydrogen) atoms. The number of benzene rings is 1. The van der Waals surface area contributed by atoms with Crippen molar-refractivity contribution in [1.82, 2.24) is 5.32 Å². The largest absolute Gasteiger partial charge is 0.490 e. The molecular formula is C17H25NO. The van der Waals surface area contributed by atoms with Crippen LogP contribution in [-0.2, 0) is 0 Å². The highest BCUT2D eigenvalue weighted by Gasteiger charge is 2.24. The summed E-state index contributed by atoms with van der Waals surface area (Å²) in [5.41, 5.74) is 1.41. The first-order chi connectivity index (χ1) is 9.35. The van der Waals surface area contributed by atoms with Crippen LogP contribution in [-0.4, -0.2) is 12.6 Å². The standard InChI is InChI=1S/C17H25NO/c1-2-18-17(12-13-4-3-5-13)14-6-8-15(9-7-14)19-16-10-11-16/h6-9,13,16-18H,2-5,10-12H2,1H3. The maximum absolute atomic E-state index is 5.81. The van der Waals surface area contributed by atoms with E-state index in [0.717, 1.165) is 18.2 Å². The number of rotatable bonds is 7. The van der Waals surface area contributed by atoms with Crippen molar-refractivity contribution in [2.24, 2.45) is 5.92 Å². The van der Waals surface area contributed by atoms with E-state index in [1.807, 2.05) is 0 Å². The van der Waals surface area contributed by atoms with E-state index in [0.29, 0.717) is 12.1 Å². The van der Waals surface area contributed by atoms with Crippen LogP contribution in [0.1, 0.15) is 57.1 Å². The van der Waals surface area contributed by atoms with Gasteiger partial charge in [-0.1, -0.05) is 38.3 Å². The average Bonchev–Trinajstić information content (AvgIpc) is 3.17. The third-order valence-electron chi connectivity index (χ3n) is 4.35. The summed E-state index contributed by atoms with van der Waals surface area (Å²) in [4.78, 5) is 0. The Morgan fingerprint density at radius 2 is 1.89 bits per heavy atom. The highest BCUT2D eigenvalue weighted by Crippen LogP contribution is 2.35. The minimum atomic E-state index is 0.491. The number of hydrogen-bond donors (Lipinski definition) is 1. The fraction of sp³-hybridized carbons (Fsp3) is 0.647. The first kappa shape index (κ1) is 13.0. The van der Waals surface area contributed by atoms with E-state index in [1.54, 1.807) is 0 Å². The van der Waals surface area contributed by atoms with Gasteiger partial charge in [-0.25, -0.2) is 0 Å². The summed E-state index contributed by atoms with van der Waals surface area (Å²) in [5, 5.41) is 3.63. The van der Waals surface area contributed by atoms with Gasteiger partial charge in [0.1, 0.15) is 5.75 Å². The molecule has 0 heterocycles. The molecule has 1 unspecified atom stereocenters. The lowest BCUT2D eigenvalue weighted by Crippen LogP contribution is -2.25. The molecule has 0 spiro atoms. The fourth-order valence-electron chi connectivity index (χ4n) is 2.80. The Labute approximate surface area is 116 Å². The summed E-state index contributed by atoms with van der Waals surface area (Å²) in [6, 6.07) is 9.27. The Kier molecular flexibility index (Phi) is 4.07. The van der Waals surface area contributed by atoms with Crippen LogP contribution in [0.5, 0.6) is 5.75 Å². The highest BCUT2D eigenvalue weighted by molar-refractivity contribution is 5.29. The second-order valence-electron chi connectivity index (χ2n) is 6.03. The molecule has 2 aliphatic carbocycles. The molecule has 2 heteroatoms. The van der Waals surface area contributed by atoms with E-state index in [4.69, 9.17) is 4.74 Å². The molecular weight excluding hydrogens is 234 g/mol. The van der Waals surface area contributed by atoms with Crippen LogP contribution in [0.4, 0.5) is 0 Å². The van der Waals surface area contributed by atoms with Crippen molar-refractivity contribution in [3.8, 4) is 5.75 Å². The van der Waals surface area contributed by atoms with Gasteiger partial charge in [-0.15, -0.1) is 0 Å². The monoisotopic (exact) mass is 259 g/mol. The molecule has 0 bridgehead atoms. The Bertz CT molecular complexity index is 392. The molecule has 3 rings (SSSR count). The maximum Gasteiger partial charge on any atom is 0.119 e. The van der Waals surface area contributed by atoms with E-state index >= 15 is 0 Å². The molecule has 104 valence electrons. The summed E-state index contributed by atoms with van der Waals surface area (Å²) in [6.07, 6.45) is 8.50. The summed E-state index contributed by atoms with van der Waals surface area (Å²) in [6.45, 7) is 3.23. The second-order valence-corrected chi connectivity index (χ2v) is 6.03. The van der Waals surface area contributed by atoms with E-state index in [1.165, 1.54) is 44.1 Å². The number of nitrogens with one attached hydrogen (secondary N) is 1. The summed E-state index contributed by atoms with van der Waals surface area (Å²) < 4.78 is 5.81. The fourth-order valence-corrected chi connectivity index (χ4v) is 2.80. The molecule has 0 aromatic heterocycles. The van der Waals surface area contributed by atoms with Gasteiger partial charge in [0.15, 0.2) is 0 Å². The maximum atomic E-state index is 5.81. The van der Waals surface area contributed by atoms with Crippen LogP contribution in [0.3, 0.4) is 0 Å². The minimum absolute atomic E-state index is 0.491. The van der Waals surface area contributed by atoms with Crippen molar-refractivity contribution in [3.05, 3.63) is 29.8 Å². The molecule has 1 atom stereocenters. The van der Waals surface area contributed by atoms with E-state index in [2.05, 4.69) is 36.5 Å². The van der Waals surface area contributed by atoms with Crippen LogP contribution in [0.25, 0.3) is 0 Å². The number of hydrogen-bond acceptors (Lipinski definition) is 2. The Balaban J connectivity index is 1.62. The van der Waals surface area contributed by atoms with Gasteiger partial charge in [-0.05, 0) is 49.4 Å². The van der Waals surface area contributed by atoms with Crippen molar-refractivity contribution in [1.29, 1.82) is 0 Å². The quantitative estimate of drug-likeness (QED) is 0.797. The number of ether oxygens (including phenoxy) is 1. The molecule has 2 aliphatic rings. The van der Waals surface area contributed by atoms with E-state index in [9.17, 15) is 0 Å². The van der Waals surface area contributed by atoms with E-state index < -0.39 is 0 Å². The van der Waals surface area contributed by atoms with Crippen LogP contribution in [0, 0.1) is 5.92 Å². The molecule has 1 N–H and O–H groups in total. The van der Waals surface area contributed by atoms with Gasteiger partial charge in [0.05, 0.1) is 6.10 Å². The zero-order valence-corrected chi connectivity index (χ0v) is 11.9. The van der Waals surface area contributed by atoms with Gasteiger partial charge in [-0.2, -0.15) is 0 Å². The van der Waals surface area contributed by atoms with Crippen molar-refractivity contribution >= 4 is 0 Å². The van der Waals surface area contributed by atoms with Gasteiger partial charge in [0.25, 0.3) is 0 Å². The third kappa shape index (κ3) is 3.50. The highest BCUT2D eigenvalue weighted by atomic mass is 16.5. The van der Waals surface area contributed by atoms with Gasteiger partial charge < -0.3 is 10.1 Å². The Morgan fingerprint density at radius 3 is 2.42 bits per heavy atom. The van der Waals surface area contributed by atoms with Crippen molar-refractivity contribution in [3.63, 3.8) is 0 Å². The van der Waals surface area contributed by atoms with Crippen LogP contribution in [0.15, 0.2) is 24.3 Å². The molecule has 2 saturated carbocycles. The van der Waals surface area contributed by atoms with Crippen molar-refractivity contribution < 1.29 is 4.74 Å². The molecule has 0 amide bonds. The lowest BCUT2D eigenvalue weighted by atomic mass is 9.79. The normalized spacial score (nSPS) is 20.9. The van der Waals surface area contributed by atoms with Crippen LogP contribution >= 0.6 is 0 Å². The molecule has 0 saturated heterocycles. The van der Waals surface area contributed by atoms with Crippen LogP contribution < -0.4 is 10.1 Å².